The number of anilines is 1. The number of hydrogen-bond donors (Lipinski definition) is 2. The molecular formula is C26H29ClFN7O. The Hall–Kier alpha value is -3.33. The average molecular weight is 510 g/mol. The molecule has 2 aliphatic heterocycles. The number of rotatable bonds is 8. The highest BCUT2D eigenvalue weighted by Gasteiger charge is 2.40. The molecular weight excluding hydrogens is 481 g/mol. The monoisotopic (exact) mass is 509 g/mol. The standard InChI is InChI=1S/C26H29ClFN7O/c1-4-5-14-8-16(14)21-19(27)9-20-17(11-33-34-20)22(21)25-23(28)24(29-2)18(10-31-25)26(30-3)35-7-6-15(12-35)32-13-36/h9-11,13-16,29H,3-8,12H2,1-2H3,(H,32,36)/b25-22-,26-18+. The molecule has 5 rings (SSSR count). The van der Waals surface area contributed by atoms with Crippen LogP contribution in [0.25, 0.3) is 12.0 Å². The maximum Gasteiger partial charge on any atom is 0.207 e. The summed E-state index contributed by atoms with van der Waals surface area (Å²) in [7, 11) is 1.67. The molecule has 188 valence electrons. The van der Waals surface area contributed by atoms with Gasteiger partial charge in [0.2, 0.25) is 6.41 Å². The summed E-state index contributed by atoms with van der Waals surface area (Å²) in [5.74, 6) is 0.815. The van der Waals surface area contributed by atoms with E-state index in [0.29, 0.717) is 52.4 Å². The van der Waals surface area contributed by atoms with Crippen molar-refractivity contribution in [3.05, 3.63) is 49.7 Å². The van der Waals surface area contributed by atoms with E-state index in [4.69, 9.17) is 11.6 Å². The number of pyridine rings is 1. The molecule has 3 atom stereocenters. The Morgan fingerprint density at radius 2 is 2.28 bits per heavy atom. The van der Waals surface area contributed by atoms with Crippen molar-refractivity contribution in [3.63, 3.8) is 0 Å². The number of benzene rings is 1. The van der Waals surface area contributed by atoms with Gasteiger partial charge in [-0.1, -0.05) is 31.4 Å². The number of likely N-dealkylation sites (tertiary alicyclic amines) is 1. The van der Waals surface area contributed by atoms with Gasteiger partial charge in [-0.3, -0.25) is 9.78 Å². The van der Waals surface area contributed by atoms with Gasteiger partial charge in [-0.05, 0) is 43.0 Å². The van der Waals surface area contributed by atoms with Gasteiger partial charge >= 0.3 is 0 Å². The highest BCUT2D eigenvalue weighted by atomic mass is 35.5. The largest absolute Gasteiger partial charge is 0.385 e. The lowest BCUT2D eigenvalue weighted by Crippen LogP contribution is -2.32. The molecule has 1 saturated carbocycles. The first kappa shape index (κ1) is 24.4. The zero-order valence-corrected chi connectivity index (χ0v) is 21.1. The van der Waals surface area contributed by atoms with Crippen LogP contribution in [0.15, 0.2) is 27.5 Å². The number of aromatic nitrogens is 1. The van der Waals surface area contributed by atoms with Crippen molar-refractivity contribution in [2.45, 2.75) is 44.6 Å². The number of nitrogens with one attached hydrogen (secondary N) is 2. The van der Waals surface area contributed by atoms with E-state index < -0.39 is 5.82 Å². The van der Waals surface area contributed by atoms with Gasteiger partial charge in [0, 0.05) is 47.8 Å². The van der Waals surface area contributed by atoms with Crippen molar-refractivity contribution in [3.8, 4) is 0 Å². The number of aliphatic imine (C=N–C) groups is 1. The van der Waals surface area contributed by atoms with Gasteiger partial charge in [0.15, 0.2) is 5.82 Å². The molecule has 0 radical (unpaired) electrons. The molecule has 1 saturated heterocycles. The fraction of sp³-hybridized carbons (Fsp3) is 0.423. The molecule has 3 aliphatic rings. The van der Waals surface area contributed by atoms with Gasteiger partial charge < -0.3 is 15.5 Å². The summed E-state index contributed by atoms with van der Waals surface area (Å²) in [5.41, 5.74) is 1.82. The third kappa shape index (κ3) is 4.15. The van der Waals surface area contributed by atoms with E-state index in [9.17, 15) is 4.79 Å². The van der Waals surface area contributed by atoms with E-state index in [2.05, 4.69) is 44.5 Å². The van der Waals surface area contributed by atoms with Crippen LogP contribution in [0.5, 0.6) is 0 Å². The van der Waals surface area contributed by atoms with E-state index in [1.165, 1.54) is 0 Å². The van der Waals surface area contributed by atoms with Crippen LogP contribution in [-0.2, 0) is 4.79 Å². The molecule has 36 heavy (non-hydrogen) atoms. The third-order valence-electron chi connectivity index (χ3n) is 7.33. The first-order valence-corrected chi connectivity index (χ1v) is 12.7. The molecule has 1 aliphatic carbocycles. The molecule has 8 nitrogen and oxygen atoms in total. The minimum Gasteiger partial charge on any atom is -0.385 e. The fourth-order valence-corrected chi connectivity index (χ4v) is 5.89. The van der Waals surface area contributed by atoms with Crippen molar-refractivity contribution < 1.29 is 9.18 Å². The molecule has 0 spiro atoms. The highest BCUT2D eigenvalue weighted by molar-refractivity contribution is 6.31. The number of carbonyl (C=O) groups is 1. The molecule has 1 aromatic carbocycles. The zero-order chi connectivity index (χ0) is 25.4. The van der Waals surface area contributed by atoms with Gasteiger partial charge in [-0.25, -0.2) is 9.38 Å². The highest BCUT2D eigenvalue weighted by Crippen LogP contribution is 2.52. The minimum atomic E-state index is -0.489. The predicted molar refractivity (Wildman–Crippen MR) is 139 cm³/mol. The summed E-state index contributed by atoms with van der Waals surface area (Å²) in [6.45, 7) is 7.12. The smallest absolute Gasteiger partial charge is 0.207 e. The number of fused-ring (bicyclic) bond motifs is 1. The van der Waals surface area contributed by atoms with Crippen molar-refractivity contribution in [2.75, 3.05) is 25.5 Å². The summed E-state index contributed by atoms with van der Waals surface area (Å²) in [4.78, 5) is 21.7. The second kappa shape index (κ2) is 9.97. The van der Waals surface area contributed by atoms with Crippen molar-refractivity contribution >= 4 is 48.1 Å². The molecule has 1 aromatic heterocycles. The maximum absolute atomic E-state index is 16.3. The Balaban J connectivity index is 1.78. The van der Waals surface area contributed by atoms with E-state index in [1.807, 2.05) is 11.0 Å². The quantitative estimate of drug-likeness (QED) is 0.420. The van der Waals surface area contributed by atoms with Crippen LogP contribution in [0.4, 0.5) is 15.8 Å². The second-order valence-electron chi connectivity index (χ2n) is 9.47. The molecule has 3 heterocycles. The number of carbonyl (C=O) groups excluding carboxylic acids is 1. The van der Waals surface area contributed by atoms with Gasteiger partial charge in [-0.15, -0.1) is 0 Å². The molecule has 2 fully saturated rings. The van der Waals surface area contributed by atoms with E-state index >= 15 is 4.39 Å². The van der Waals surface area contributed by atoms with Crippen LogP contribution >= 0.6 is 11.6 Å². The molecule has 3 unspecified atom stereocenters. The third-order valence-corrected chi connectivity index (χ3v) is 7.64. The lowest BCUT2D eigenvalue weighted by Gasteiger charge is -2.19. The van der Waals surface area contributed by atoms with E-state index in [-0.39, 0.29) is 23.0 Å². The number of nitrogens with zero attached hydrogens (tertiary/aromatic N) is 5. The molecule has 1 amide bonds. The number of azo groups is 1. The molecule has 2 N–H and O–H groups in total. The first-order chi connectivity index (χ1) is 17.5. The average Bonchev–Trinajstić information content (AvgIpc) is 3.23. The summed E-state index contributed by atoms with van der Waals surface area (Å²) < 4.78 is 16.3. The van der Waals surface area contributed by atoms with Gasteiger partial charge in [0.1, 0.15) is 11.2 Å². The van der Waals surface area contributed by atoms with Crippen molar-refractivity contribution in [2.24, 2.45) is 21.1 Å². The zero-order valence-electron chi connectivity index (χ0n) is 20.4. The first-order valence-electron chi connectivity index (χ1n) is 12.3. The number of halogens is 2. The molecule has 0 bridgehead atoms. The van der Waals surface area contributed by atoms with Crippen LogP contribution < -0.4 is 21.1 Å². The summed E-state index contributed by atoms with van der Waals surface area (Å²) in [5, 5.41) is 16.8. The normalized spacial score (nSPS) is 23.7. The SMILES string of the molecule is C=N/C(=c1/cn/c(=c2\c(C3CC3CCC)c(Cl)cc3c2=CN=N3)c(F)c1NC)N1CCC(NC=O)C1. The van der Waals surface area contributed by atoms with Crippen LogP contribution in [-0.4, -0.2) is 49.2 Å². The fourth-order valence-electron chi connectivity index (χ4n) is 5.55. The summed E-state index contributed by atoms with van der Waals surface area (Å²) >= 11 is 6.77. The topological polar surface area (TPSA) is 94.3 Å². The van der Waals surface area contributed by atoms with Crippen LogP contribution in [0.3, 0.4) is 0 Å². The van der Waals surface area contributed by atoms with Crippen LogP contribution in [0.1, 0.15) is 44.1 Å². The Morgan fingerprint density at radius 1 is 1.44 bits per heavy atom. The Kier molecular flexibility index (Phi) is 6.75. The van der Waals surface area contributed by atoms with Gasteiger partial charge in [0.05, 0.1) is 22.8 Å². The Bertz CT molecular complexity index is 1470. The molecule has 2 aromatic rings. The van der Waals surface area contributed by atoms with Crippen LogP contribution in [0.2, 0.25) is 5.02 Å². The minimum absolute atomic E-state index is 0.00335. The van der Waals surface area contributed by atoms with E-state index in [0.717, 1.165) is 36.5 Å². The second-order valence-corrected chi connectivity index (χ2v) is 9.88. The Labute approximate surface area is 213 Å². The number of hydrogen-bond acceptors (Lipinski definition) is 7. The van der Waals surface area contributed by atoms with Crippen LogP contribution in [0, 0.1) is 22.3 Å². The lowest BCUT2D eigenvalue weighted by atomic mass is 10.0. The predicted octanol–water partition coefficient (Wildman–Crippen LogP) is 3.53. The Morgan fingerprint density at radius 3 is 3.00 bits per heavy atom. The summed E-state index contributed by atoms with van der Waals surface area (Å²) in [6.07, 6.45) is 7.97. The van der Waals surface area contributed by atoms with Gasteiger partial charge in [0.25, 0.3) is 0 Å². The van der Waals surface area contributed by atoms with Crippen molar-refractivity contribution in [1.82, 2.24) is 15.2 Å². The summed E-state index contributed by atoms with van der Waals surface area (Å²) in [6, 6.07) is 1.82. The maximum atomic E-state index is 16.3. The van der Waals surface area contributed by atoms with Gasteiger partial charge in [-0.2, -0.15) is 10.2 Å². The van der Waals surface area contributed by atoms with Crippen molar-refractivity contribution in [1.29, 1.82) is 0 Å². The lowest BCUT2D eigenvalue weighted by molar-refractivity contribution is -0.110. The van der Waals surface area contributed by atoms with E-state index in [1.54, 1.807) is 19.4 Å². The molecule has 10 heteroatoms. The number of amides is 1.